The van der Waals surface area contributed by atoms with Crippen LogP contribution in [0.1, 0.15) is 43.1 Å². The van der Waals surface area contributed by atoms with Gasteiger partial charge in [-0.15, -0.1) is 0 Å². The van der Waals surface area contributed by atoms with Crippen molar-refractivity contribution in [2.24, 2.45) is 5.41 Å². The molecule has 0 amide bonds. The summed E-state index contributed by atoms with van der Waals surface area (Å²) >= 11 is 0. The normalized spacial score (nSPS) is 31.2. The lowest BCUT2D eigenvalue weighted by Crippen LogP contribution is -2.56. The number of carbonyl (C=O) groups is 1. The van der Waals surface area contributed by atoms with Gasteiger partial charge in [0.15, 0.2) is 0 Å². The number of carboxylic acids is 1. The van der Waals surface area contributed by atoms with Crippen molar-refractivity contribution in [1.29, 1.82) is 0 Å². The highest BCUT2D eigenvalue weighted by Gasteiger charge is 2.59. The zero-order valence-electron chi connectivity index (χ0n) is 12.0. The van der Waals surface area contributed by atoms with Crippen molar-refractivity contribution < 1.29 is 15.0 Å². The summed E-state index contributed by atoms with van der Waals surface area (Å²) < 4.78 is 2.16. The van der Waals surface area contributed by atoms with Crippen molar-refractivity contribution in [2.75, 3.05) is 0 Å². The molecule has 1 aromatic heterocycles. The maximum absolute atomic E-state index is 11.8. The third kappa shape index (κ3) is 1.61. The average Bonchev–Trinajstić information content (AvgIpc) is 2.92. The lowest BCUT2D eigenvalue weighted by Gasteiger charge is -2.47. The van der Waals surface area contributed by atoms with Crippen LogP contribution in [0.15, 0.2) is 24.3 Å². The summed E-state index contributed by atoms with van der Waals surface area (Å²) in [7, 11) is 0. The molecule has 1 fully saturated rings. The van der Waals surface area contributed by atoms with E-state index in [4.69, 9.17) is 0 Å². The number of aliphatic hydroxyl groups is 1. The van der Waals surface area contributed by atoms with Crippen LogP contribution in [0, 0.1) is 19.3 Å². The molecule has 0 spiro atoms. The smallest absolute Gasteiger partial charge is 0.316 e. The van der Waals surface area contributed by atoms with E-state index in [2.05, 4.69) is 4.57 Å². The fraction of sp³-hybridized carbons (Fsp3) is 0.562. The summed E-state index contributed by atoms with van der Waals surface area (Å²) in [4.78, 5) is 11.8. The maximum atomic E-state index is 11.8. The number of allylic oxidation sites excluding steroid dienone is 1. The summed E-state index contributed by atoms with van der Waals surface area (Å²) in [5.74, 6) is -0.902. The van der Waals surface area contributed by atoms with Gasteiger partial charge in [-0.3, -0.25) is 4.79 Å². The van der Waals surface area contributed by atoms with Crippen molar-refractivity contribution in [1.82, 2.24) is 4.57 Å². The third-order valence-electron chi connectivity index (χ3n) is 5.18. The molecule has 1 aromatic rings. The van der Waals surface area contributed by atoms with Crippen molar-refractivity contribution in [3.8, 4) is 0 Å². The zero-order chi connectivity index (χ0) is 14.5. The van der Waals surface area contributed by atoms with Gasteiger partial charge in [0.05, 0.1) is 11.6 Å². The molecule has 0 aliphatic heterocycles. The quantitative estimate of drug-likeness (QED) is 0.833. The topological polar surface area (TPSA) is 62.5 Å². The Morgan fingerprint density at radius 1 is 1.30 bits per heavy atom. The Morgan fingerprint density at radius 3 is 2.35 bits per heavy atom. The van der Waals surface area contributed by atoms with Crippen LogP contribution in [-0.2, 0) is 4.79 Å². The first kappa shape index (κ1) is 13.4. The molecule has 108 valence electrons. The lowest BCUT2D eigenvalue weighted by atomic mass is 9.60. The fourth-order valence-electron chi connectivity index (χ4n) is 3.78. The Bertz CT molecular complexity index is 563. The van der Waals surface area contributed by atoms with E-state index in [1.54, 1.807) is 6.08 Å². The molecule has 0 aromatic carbocycles. The molecule has 0 radical (unpaired) electrons. The first-order valence-corrected chi connectivity index (χ1v) is 7.19. The van der Waals surface area contributed by atoms with Gasteiger partial charge in [0.2, 0.25) is 0 Å². The molecule has 3 rings (SSSR count). The van der Waals surface area contributed by atoms with Crippen LogP contribution >= 0.6 is 0 Å². The molecule has 2 aliphatic rings. The van der Waals surface area contributed by atoms with Gasteiger partial charge in [-0.1, -0.05) is 12.2 Å². The highest BCUT2D eigenvalue weighted by atomic mass is 16.4. The van der Waals surface area contributed by atoms with E-state index in [0.717, 1.165) is 17.8 Å². The summed E-state index contributed by atoms with van der Waals surface area (Å²) in [5.41, 5.74) is 0.0517. The molecule has 0 unspecified atom stereocenters. The molecule has 20 heavy (non-hydrogen) atoms. The second-order valence-electron chi connectivity index (χ2n) is 6.28. The molecule has 1 heterocycles. The number of carboxylic acid groups (broad SMARTS) is 1. The highest BCUT2D eigenvalue weighted by molar-refractivity contribution is 5.80. The predicted molar refractivity (Wildman–Crippen MR) is 75.6 cm³/mol. The minimum Gasteiger partial charge on any atom is -0.481 e. The monoisotopic (exact) mass is 275 g/mol. The molecule has 0 saturated heterocycles. The minimum atomic E-state index is -1.13. The van der Waals surface area contributed by atoms with Crippen LogP contribution in [0.25, 0.3) is 0 Å². The number of hydrogen-bond donors (Lipinski definition) is 2. The van der Waals surface area contributed by atoms with Crippen LogP contribution < -0.4 is 0 Å². The van der Waals surface area contributed by atoms with E-state index < -0.39 is 17.0 Å². The second-order valence-corrected chi connectivity index (χ2v) is 6.28. The zero-order valence-corrected chi connectivity index (χ0v) is 12.0. The van der Waals surface area contributed by atoms with Gasteiger partial charge in [-0.05, 0) is 51.7 Å². The van der Waals surface area contributed by atoms with Gasteiger partial charge in [0, 0.05) is 11.4 Å². The third-order valence-corrected chi connectivity index (χ3v) is 5.18. The summed E-state index contributed by atoms with van der Waals surface area (Å²) in [6, 6.07) is 4.11. The van der Waals surface area contributed by atoms with E-state index in [1.165, 1.54) is 0 Å². The molecular formula is C16H21NO3. The van der Waals surface area contributed by atoms with E-state index in [9.17, 15) is 15.0 Å². The van der Waals surface area contributed by atoms with E-state index in [-0.39, 0.29) is 6.04 Å². The van der Waals surface area contributed by atoms with Gasteiger partial charge in [-0.25, -0.2) is 0 Å². The average molecular weight is 275 g/mol. The maximum Gasteiger partial charge on any atom is 0.316 e. The molecule has 2 atom stereocenters. The summed E-state index contributed by atoms with van der Waals surface area (Å²) in [5, 5.41) is 20.3. The Morgan fingerprint density at radius 2 is 1.90 bits per heavy atom. The number of aryl methyl sites for hydroxylation is 2. The van der Waals surface area contributed by atoms with Crippen LogP contribution in [0.4, 0.5) is 0 Å². The largest absolute Gasteiger partial charge is 0.481 e. The van der Waals surface area contributed by atoms with Crippen molar-refractivity contribution in [3.63, 3.8) is 0 Å². The van der Waals surface area contributed by atoms with Gasteiger partial charge in [0.1, 0.15) is 5.41 Å². The van der Waals surface area contributed by atoms with Crippen molar-refractivity contribution >= 4 is 5.97 Å². The molecule has 4 heteroatoms. The summed E-state index contributed by atoms with van der Waals surface area (Å²) in [6.45, 7) is 4.05. The Hall–Kier alpha value is -1.55. The fourth-order valence-corrected chi connectivity index (χ4v) is 3.78. The number of aliphatic carboxylic acids is 1. The van der Waals surface area contributed by atoms with Gasteiger partial charge < -0.3 is 14.8 Å². The van der Waals surface area contributed by atoms with Crippen molar-refractivity contribution in [3.05, 3.63) is 35.7 Å². The van der Waals surface area contributed by atoms with Crippen LogP contribution in [0.3, 0.4) is 0 Å². The Kier molecular flexibility index (Phi) is 2.83. The molecule has 0 bridgehead atoms. The first-order valence-electron chi connectivity index (χ1n) is 7.19. The van der Waals surface area contributed by atoms with E-state index in [0.29, 0.717) is 19.3 Å². The van der Waals surface area contributed by atoms with Crippen LogP contribution in [0.2, 0.25) is 0 Å². The molecule has 4 nitrogen and oxygen atoms in total. The van der Waals surface area contributed by atoms with Gasteiger partial charge >= 0.3 is 5.97 Å². The van der Waals surface area contributed by atoms with Crippen molar-refractivity contribution in [2.45, 2.75) is 51.2 Å². The van der Waals surface area contributed by atoms with Gasteiger partial charge in [0.25, 0.3) is 0 Å². The number of aromatic nitrogens is 1. The first-order chi connectivity index (χ1) is 9.40. The Balaban J connectivity index is 1.96. The molecule has 2 N–H and O–H groups in total. The van der Waals surface area contributed by atoms with Crippen LogP contribution in [0.5, 0.6) is 0 Å². The highest BCUT2D eigenvalue weighted by Crippen LogP contribution is 2.54. The minimum absolute atomic E-state index is 0.0192. The number of nitrogens with zero attached hydrogens (tertiary/aromatic N) is 1. The predicted octanol–water partition coefficient (Wildman–Crippen LogP) is 2.59. The lowest BCUT2D eigenvalue weighted by molar-refractivity contribution is -0.175. The number of rotatable bonds is 3. The van der Waals surface area contributed by atoms with Crippen LogP contribution in [-0.4, -0.2) is 26.4 Å². The molecule has 2 aliphatic carbocycles. The van der Waals surface area contributed by atoms with E-state index >= 15 is 0 Å². The Labute approximate surface area is 118 Å². The second kappa shape index (κ2) is 4.22. The standard InChI is InChI=1S/C16H21NO3/c1-11-4-5-12(2)17(11)13-6-9-15(10-13,14(18)19)16(20)7-3-8-16/h4-6,9,13,20H,3,7-8,10H2,1-2H3,(H,18,19)/t13-,15-/m1/s1. The SMILES string of the molecule is Cc1ccc(C)n1[C@@H]1C=C[C@@](C(=O)O)(C2(O)CCC2)C1. The van der Waals surface area contributed by atoms with E-state index in [1.807, 2.05) is 32.1 Å². The summed E-state index contributed by atoms with van der Waals surface area (Å²) in [6.07, 6.45) is 6.20. The molecular weight excluding hydrogens is 254 g/mol. The van der Waals surface area contributed by atoms with Gasteiger partial charge in [-0.2, -0.15) is 0 Å². The molecule has 1 saturated carbocycles. The number of hydrogen-bond acceptors (Lipinski definition) is 2.